The first-order chi connectivity index (χ1) is 9.73. The first-order valence-corrected chi connectivity index (χ1v) is 9.65. The van der Waals surface area contributed by atoms with Crippen LogP contribution in [-0.2, 0) is 10.0 Å². The van der Waals surface area contributed by atoms with Crippen LogP contribution in [0.2, 0.25) is 0 Å². The Balaban J connectivity index is 2.17. The third-order valence-corrected chi connectivity index (χ3v) is 7.02. The van der Waals surface area contributed by atoms with Crippen LogP contribution in [0.3, 0.4) is 0 Å². The Morgan fingerprint density at radius 2 is 2.24 bits per heavy atom. The molecule has 0 amide bonds. The van der Waals surface area contributed by atoms with E-state index in [4.69, 9.17) is 18.0 Å². The van der Waals surface area contributed by atoms with Crippen molar-refractivity contribution in [2.24, 2.45) is 5.73 Å². The highest BCUT2D eigenvalue weighted by Gasteiger charge is 2.31. The molecule has 0 spiro atoms. The number of nitrogens with two attached hydrogens (primary N) is 1. The molecular weight excluding hydrogens is 324 g/mol. The number of benzene rings is 1. The Morgan fingerprint density at radius 1 is 1.52 bits per heavy atom. The van der Waals surface area contributed by atoms with Gasteiger partial charge in [0.05, 0.1) is 4.90 Å². The van der Waals surface area contributed by atoms with Crippen LogP contribution < -0.4 is 10.5 Å². The zero-order chi connectivity index (χ0) is 15.7. The van der Waals surface area contributed by atoms with Gasteiger partial charge < -0.3 is 5.73 Å². The highest BCUT2D eigenvalue weighted by atomic mass is 32.2. The molecule has 1 fully saturated rings. The van der Waals surface area contributed by atoms with Gasteiger partial charge >= 0.3 is 0 Å². The average molecular weight is 345 g/mol. The van der Waals surface area contributed by atoms with Gasteiger partial charge in [-0.1, -0.05) is 18.3 Å². The quantitative estimate of drug-likeness (QED) is 0.801. The Morgan fingerprint density at radius 3 is 2.76 bits per heavy atom. The number of hydrogen-bond acceptors (Lipinski definition) is 4. The number of aryl methyl sites for hydroxylation is 1. The topological polar surface area (TPSA) is 72.2 Å². The van der Waals surface area contributed by atoms with Gasteiger partial charge in [-0.15, -0.1) is 0 Å². The highest BCUT2D eigenvalue weighted by Crippen LogP contribution is 2.37. The maximum atomic E-state index is 12.4. The van der Waals surface area contributed by atoms with Crippen molar-refractivity contribution >= 4 is 39.0 Å². The maximum absolute atomic E-state index is 12.4. The van der Waals surface area contributed by atoms with Crippen molar-refractivity contribution in [2.45, 2.75) is 36.3 Å². The van der Waals surface area contributed by atoms with Crippen LogP contribution in [0.15, 0.2) is 23.1 Å². The van der Waals surface area contributed by atoms with E-state index in [1.165, 1.54) is 0 Å². The summed E-state index contributed by atoms with van der Waals surface area (Å²) in [5.41, 5.74) is 6.89. The first-order valence-electron chi connectivity index (χ1n) is 6.78. The first kappa shape index (κ1) is 16.7. The Hall–Kier alpha value is -0.630. The lowest BCUT2D eigenvalue weighted by atomic mass is 10.1. The highest BCUT2D eigenvalue weighted by molar-refractivity contribution is 8.01. The Labute approximate surface area is 135 Å². The summed E-state index contributed by atoms with van der Waals surface area (Å²) < 4.78 is 27.6. The molecule has 1 heterocycles. The van der Waals surface area contributed by atoms with Crippen LogP contribution in [0, 0.1) is 6.92 Å². The van der Waals surface area contributed by atoms with Crippen LogP contribution in [0.4, 0.5) is 0 Å². The molecule has 4 nitrogen and oxygen atoms in total. The van der Waals surface area contributed by atoms with Crippen LogP contribution in [0.5, 0.6) is 0 Å². The van der Waals surface area contributed by atoms with E-state index < -0.39 is 10.0 Å². The van der Waals surface area contributed by atoms with E-state index in [0.29, 0.717) is 17.7 Å². The molecule has 0 aromatic heterocycles. The predicted octanol–water partition coefficient (Wildman–Crippen LogP) is 2.19. The van der Waals surface area contributed by atoms with E-state index in [-0.39, 0.29) is 14.6 Å². The molecule has 7 heteroatoms. The number of nitrogens with one attached hydrogen (secondary N) is 1. The average Bonchev–Trinajstić information content (AvgIpc) is 2.84. The summed E-state index contributed by atoms with van der Waals surface area (Å²) in [5, 5.41) is 0. The molecule has 0 saturated carbocycles. The molecular formula is C14H20N2O2S3. The third kappa shape index (κ3) is 3.97. The SMILES string of the molecule is Cc1cc(C(N)=S)ccc1S(=O)(=O)NCC1(C)CCCS1. The summed E-state index contributed by atoms with van der Waals surface area (Å²) in [6, 6.07) is 4.93. The second kappa shape index (κ2) is 6.24. The minimum atomic E-state index is -3.51. The third-order valence-electron chi connectivity index (χ3n) is 3.69. The van der Waals surface area contributed by atoms with Crippen molar-refractivity contribution in [3.63, 3.8) is 0 Å². The number of hydrogen-bond donors (Lipinski definition) is 2. The molecule has 3 N–H and O–H groups in total. The van der Waals surface area contributed by atoms with Crippen LogP contribution in [0.25, 0.3) is 0 Å². The van der Waals surface area contributed by atoms with E-state index in [9.17, 15) is 8.42 Å². The lowest BCUT2D eigenvalue weighted by Crippen LogP contribution is -2.37. The van der Waals surface area contributed by atoms with Crippen LogP contribution in [-0.4, -0.2) is 30.5 Å². The van der Waals surface area contributed by atoms with E-state index in [1.54, 1.807) is 25.1 Å². The number of rotatable bonds is 5. The molecule has 1 aliphatic rings. The normalized spacial score (nSPS) is 22.4. The number of thiocarbonyl (C=S) groups is 1. The van der Waals surface area contributed by atoms with Gasteiger partial charge in [0.15, 0.2) is 0 Å². The molecule has 0 radical (unpaired) electrons. The minimum absolute atomic E-state index is 0.000258. The van der Waals surface area contributed by atoms with Crippen molar-refractivity contribution in [3.8, 4) is 0 Å². The fourth-order valence-electron chi connectivity index (χ4n) is 2.41. The van der Waals surface area contributed by atoms with E-state index in [0.717, 1.165) is 18.6 Å². The largest absolute Gasteiger partial charge is 0.389 e. The molecule has 1 aliphatic heterocycles. The van der Waals surface area contributed by atoms with E-state index >= 15 is 0 Å². The Kier molecular flexibility index (Phi) is 4.97. The molecule has 1 atom stereocenters. The fourth-order valence-corrected chi connectivity index (χ4v) is 5.26. The van der Waals surface area contributed by atoms with Crippen molar-refractivity contribution in [2.75, 3.05) is 12.3 Å². The van der Waals surface area contributed by atoms with Crippen LogP contribution >= 0.6 is 24.0 Å². The van der Waals surface area contributed by atoms with Gasteiger partial charge in [0.1, 0.15) is 4.99 Å². The summed E-state index contributed by atoms with van der Waals surface area (Å²) in [7, 11) is -3.51. The van der Waals surface area contributed by atoms with Gasteiger partial charge in [0, 0.05) is 16.9 Å². The van der Waals surface area contributed by atoms with Gasteiger partial charge in [-0.25, -0.2) is 13.1 Å². The van der Waals surface area contributed by atoms with E-state index in [2.05, 4.69) is 11.6 Å². The van der Waals surface area contributed by atoms with Crippen molar-refractivity contribution in [1.29, 1.82) is 0 Å². The fraction of sp³-hybridized carbons (Fsp3) is 0.500. The molecule has 21 heavy (non-hydrogen) atoms. The maximum Gasteiger partial charge on any atom is 0.240 e. The molecule has 1 aromatic carbocycles. The zero-order valence-corrected chi connectivity index (χ0v) is 14.6. The van der Waals surface area contributed by atoms with Crippen molar-refractivity contribution in [3.05, 3.63) is 29.3 Å². The smallest absolute Gasteiger partial charge is 0.240 e. The summed E-state index contributed by atoms with van der Waals surface area (Å²) >= 11 is 6.74. The molecule has 0 bridgehead atoms. The second-order valence-electron chi connectivity index (χ2n) is 5.57. The molecule has 1 saturated heterocycles. The van der Waals surface area contributed by atoms with Gasteiger partial charge in [-0.2, -0.15) is 11.8 Å². The number of sulfonamides is 1. The molecule has 116 valence electrons. The summed E-state index contributed by atoms with van der Waals surface area (Å²) in [4.78, 5) is 0.555. The molecule has 1 unspecified atom stereocenters. The van der Waals surface area contributed by atoms with Crippen molar-refractivity contribution < 1.29 is 8.42 Å². The van der Waals surface area contributed by atoms with Crippen molar-refractivity contribution in [1.82, 2.24) is 4.72 Å². The second-order valence-corrected chi connectivity index (χ2v) is 9.43. The van der Waals surface area contributed by atoms with Gasteiger partial charge in [-0.3, -0.25) is 0 Å². The minimum Gasteiger partial charge on any atom is -0.389 e. The lowest BCUT2D eigenvalue weighted by molar-refractivity contribution is 0.552. The van der Waals surface area contributed by atoms with Gasteiger partial charge in [0.25, 0.3) is 0 Å². The van der Waals surface area contributed by atoms with Gasteiger partial charge in [0.2, 0.25) is 10.0 Å². The zero-order valence-electron chi connectivity index (χ0n) is 12.2. The van der Waals surface area contributed by atoms with E-state index in [1.807, 2.05) is 11.8 Å². The monoisotopic (exact) mass is 344 g/mol. The van der Waals surface area contributed by atoms with Gasteiger partial charge in [-0.05, 0) is 50.1 Å². The standard InChI is InChI=1S/C14H20N2O2S3/c1-10-8-11(13(15)19)4-5-12(10)21(17,18)16-9-14(2)6-3-7-20-14/h4-5,8,16H,3,6-7,9H2,1-2H3,(H2,15,19). The summed E-state index contributed by atoms with van der Waals surface area (Å²) in [6.45, 7) is 4.31. The van der Waals surface area contributed by atoms with Crippen LogP contribution in [0.1, 0.15) is 30.9 Å². The Bertz CT molecular complexity index is 650. The number of thioether (sulfide) groups is 1. The summed E-state index contributed by atoms with van der Waals surface area (Å²) in [6.07, 6.45) is 2.18. The lowest BCUT2D eigenvalue weighted by Gasteiger charge is -2.23. The summed E-state index contributed by atoms with van der Waals surface area (Å²) in [5.74, 6) is 1.10. The molecule has 2 rings (SSSR count). The molecule has 0 aliphatic carbocycles. The predicted molar refractivity (Wildman–Crippen MR) is 92.4 cm³/mol. The molecule has 1 aromatic rings.